The lowest BCUT2D eigenvalue weighted by Crippen LogP contribution is -2.56. The number of rotatable bonds is 26. The molecule has 0 aromatic heterocycles. The molecule has 0 fully saturated rings. The van der Waals surface area contributed by atoms with Crippen LogP contribution < -0.4 is 21.3 Å². The molecule has 6 N–H and O–H groups in total. The maximum atomic E-state index is 12.9. The van der Waals surface area contributed by atoms with Crippen molar-refractivity contribution in [1.82, 2.24) is 21.3 Å². The van der Waals surface area contributed by atoms with Crippen LogP contribution in [0, 0.1) is 0 Å². The lowest BCUT2D eigenvalue weighted by atomic mass is 10.1. The largest absolute Gasteiger partial charge is 0.481 e. The number of hydrogen-bond acceptors (Lipinski definition) is 7. The number of unbranched alkanes of at least 4 members (excludes halogenated alkanes) is 10. The van der Waals surface area contributed by atoms with Crippen molar-refractivity contribution in [2.45, 2.75) is 141 Å². The summed E-state index contributed by atoms with van der Waals surface area (Å²) in [5, 5.41) is 28.3. The summed E-state index contributed by atoms with van der Waals surface area (Å²) in [5.41, 5.74) is 0. The van der Waals surface area contributed by atoms with Crippen molar-refractivity contribution < 1.29 is 39.0 Å². The fourth-order valence-corrected chi connectivity index (χ4v) is 4.80. The van der Waals surface area contributed by atoms with Gasteiger partial charge >= 0.3 is 11.9 Å². The Balaban J connectivity index is 4.69. The van der Waals surface area contributed by atoms with Crippen molar-refractivity contribution in [3.63, 3.8) is 0 Å². The van der Waals surface area contributed by atoms with Gasteiger partial charge in [0, 0.05) is 12.8 Å². The van der Waals surface area contributed by atoms with Gasteiger partial charge in [-0.05, 0) is 45.1 Å². The van der Waals surface area contributed by atoms with E-state index in [0.717, 1.165) is 19.3 Å². The molecule has 0 aliphatic heterocycles. The van der Waals surface area contributed by atoms with Crippen LogP contribution in [0.2, 0.25) is 0 Å². The molecule has 43 heavy (non-hydrogen) atoms. The quantitative estimate of drug-likeness (QED) is 0.0778. The molecule has 0 bridgehead atoms. The zero-order valence-electron chi connectivity index (χ0n) is 26.4. The van der Waals surface area contributed by atoms with E-state index in [1.54, 1.807) is 6.26 Å². The van der Waals surface area contributed by atoms with E-state index in [2.05, 4.69) is 28.2 Å². The van der Waals surface area contributed by atoms with Gasteiger partial charge in [-0.1, -0.05) is 71.1 Å². The molecule has 248 valence electrons. The molecule has 4 amide bonds. The monoisotopic (exact) mass is 630 g/mol. The lowest BCUT2D eigenvalue weighted by molar-refractivity contribution is -0.142. The Bertz CT molecular complexity index is 873. The summed E-state index contributed by atoms with van der Waals surface area (Å²) in [6.07, 6.45) is 14.4. The van der Waals surface area contributed by atoms with Crippen molar-refractivity contribution in [3.8, 4) is 0 Å². The molecule has 0 rings (SSSR count). The summed E-state index contributed by atoms with van der Waals surface area (Å²) in [5.74, 6) is -4.35. The molecule has 0 unspecified atom stereocenters. The molecule has 0 spiro atoms. The normalized spacial score (nSPS) is 13.7. The summed E-state index contributed by atoms with van der Waals surface area (Å²) in [4.78, 5) is 73.0. The van der Waals surface area contributed by atoms with E-state index in [1.165, 1.54) is 70.6 Å². The summed E-state index contributed by atoms with van der Waals surface area (Å²) in [6, 6.07) is -4.52. The number of carboxylic acid groups (broad SMARTS) is 2. The minimum Gasteiger partial charge on any atom is -0.481 e. The van der Waals surface area contributed by atoms with E-state index in [-0.39, 0.29) is 25.2 Å². The molecule has 0 heterocycles. The van der Waals surface area contributed by atoms with Crippen molar-refractivity contribution >= 4 is 47.3 Å². The Morgan fingerprint density at radius 1 is 0.605 bits per heavy atom. The van der Waals surface area contributed by atoms with Gasteiger partial charge in [0.15, 0.2) is 0 Å². The van der Waals surface area contributed by atoms with Crippen LogP contribution in [0.5, 0.6) is 0 Å². The molecule has 0 aromatic carbocycles. The molecule has 0 aromatic rings. The molecule has 13 heteroatoms. The Kier molecular flexibility index (Phi) is 23.0. The van der Waals surface area contributed by atoms with Crippen LogP contribution in [0.1, 0.15) is 117 Å². The third kappa shape index (κ3) is 20.7. The average Bonchev–Trinajstić information content (AvgIpc) is 2.95. The van der Waals surface area contributed by atoms with Gasteiger partial charge in [0.05, 0.1) is 0 Å². The number of thioether (sulfide) groups is 1. The maximum absolute atomic E-state index is 12.9. The van der Waals surface area contributed by atoms with Gasteiger partial charge in [0.1, 0.15) is 24.2 Å². The smallest absolute Gasteiger partial charge is 0.326 e. The van der Waals surface area contributed by atoms with E-state index in [1.807, 2.05) is 0 Å². The van der Waals surface area contributed by atoms with E-state index < -0.39 is 60.2 Å². The standard InChI is InChI=1S/C30H54N4O8S/c1-5-6-7-8-9-10-11-12-13-14-15-16-25(35)31-21(2)27(38)33-23(17-18-26(36)37)29(40)32-22(3)28(39)34-24(30(41)42)19-20-43-4/h21-24H,5-20H2,1-4H3,(H,31,35)(H,32,40)(H,33,38)(H,34,39)(H,36,37)(H,41,42)/t21-,22-,23-,24-/m0/s1. The minimum absolute atomic E-state index is 0.197. The van der Waals surface area contributed by atoms with Gasteiger partial charge in [0.2, 0.25) is 23.6 Å². The number of nitrogens with one attached hydrogen (secondary N) is 4. The highest BCUT2D eigenvalue weighted by Gasteiger charge is 2.28. The molecular formula is C30H54N4O8S. The number of carbonyl (C=O) groups is 6. The predicted octanol–water partition coefficient (Wildman–Crippen LogP) is 3.37. The first kappa shape index (κ1) is 40.2. The molecule has 4 atom stereocenters. The predicted molar refractivity (Wildman–Crippen MR) is 168 cm³/mol. The summed E-state index contributed by atoms with van der Waals surface area (Å²) in [7, 11) is 0. The van der Waals surface area contributed by atoms with Gasteiger partial charge in [-0.2, -0.15) is 11.8 Å². The summed E-state index contributed by atoms with van der Waals surface area (Å²) >= 11 is 1.43. The van der Waals surface area contributed by atoms with Crippen LogP contribution in [0.15, 0.2) is 0 Å². The van der Waals surface area contributed by atoms with E-state index in [4.69, 9.17) is 5.11 Å². The number of carbonyl (C=O) groups excluding carboxylic acids is 4. The highest BCUT2D eigenvalue weighted by molar-refractivity contribution is 7.98. The van der Waals surface area contributed by atoms with Crippen LogP contribution in [0.4, 0.5) is 0 Å². The van der Waals surface area contributed by atoms with Crippen LogP contribution in [-0.2, 0) is 28.8 Å². The Morgan fingerprint density at radius 2 is 1.09 bits per heavy atom. The molecular weight excluding hydrogens is 576 g/mol. The average molecular weight is 631 g/mol. The van der Waals surface area contributed by atoms with E-state index >= 15 is 0 Å². The summed E-state index contributed by atoms with van der Waals surface area (Å²) < 4.78 is 0. The van der Waals surface area contributed by atoms with Crippen molar-refractivity contribution in [3.05, 3.63) is 0 Å². The maximum Gasteiger partial charge on any atom is 0.326 e. The topological polar surface area (TPSA) is 191 Å². The van der Waals surface area contributed by atoms with Gasteiger partial charge in [-0.25, -0.2) is 4.79 Å². The highest BCUT2D eigenvalue weighted by atomic mass is 32.2. The fourth-order valence-electron chi connectivity index (χ4n) is 4.33. The van der Waals surface area contributed by atoms with Crippen LogP contribution >= 0.6 is 11.8 Å². The van der Waals surface area contributed by atoms with Gasteiger partial charge in [0.25, 0.3) is 0 Å². The van der Waals surface area contributed by atoms with E-state index in [0.29, 0.717) is 12.2 Å². The third-order valence-corrected chi connectivity index (χ3v) is 7.68. The Hall–Kier alpha value is -2.83. The molecule has 0 radical (unpaired) electrons. The second-order valence-electron chi connectivity index (χ2n) is 11.0. The Morgan fingerprint density at radius 3 is 1.58 bits per heavy atom. The van der Waals surface area contributed by atoms with Crippen molar-refractivity contribution in [1.29, 1.82) is 0 Å². The molecule has 0 aliphatic rings. The summed E-state index contributed by atoms with van der Waals surface area (Å²) in [6.45, 7) is 5.03. The second-order valence-corrected chi connectivity index (χ2v) is 12.0. The number of amides is 4. The SMILES string of the molecule is CCCCCCCCCCCCCC(=O)N[C@@H](C)C(=O)N[C@@H](CCC(=O)O)C(=O)N[C@@H](C)C(=O)N[C@@H](CCSC)C(=O)O. The Labute approximate surface area is 260 Å². The molecule has 12 nitrogen and oxygen atoms in total. The van der Waals surface area contributed by atoms with Gasteiger partial charge in [-0.15, -0.1) is 0 Å². The first-order valence-electron chi connectivity index (χ1n) is 15.6. The van der Waals surface area contributed by atoms with Crippen LogP contribution in [0.25, 0.3) is 0 Å². The van der Waals surface area contributed by atoms with E-state index in [9.17, 15) is 33.9 Å². The lowest BCUT2D eigenvalue weighted by Gasteiger charge is -2.23. The first-order chi connectivity index (χ1) is 20.4. The zero-order chi connectivity index (χ0) is 32.6. The first-order valence-corrected chi connectivity index (χ1v) is 17.0. The number of carboxylic acids is 2. The van der Waals surface area contributed by atoms with Crippen LogP contribution in [0.3, 0.4) is 0 Å². The highest BCUT2D eigenvalue weighted by Crippen LogP contribution is 2.12. The zero-order valence-corrected chi connectivity index (χ0v) is 27.2. The van der Waals surface area contributed by atoms with Gasteiger partial charge in [-0.3, -0.25) is 24.0 Å². The van der Waals surface area contributed by atoms with Crippen molar-refractivity contribution in [2.24, 2.45) is 0 Å². The molecule has 0 saturated carbocycles. The fraction of sp³-hybridized carbons (Fsp3) is 0.800. The van der Waals surface area contributed by atoms with Crippen LogP contribution in [-0.4, -0.2) is 82.0 Å². The number of aliphatic carboxylic acids is 2. The number of hydrogen-bond donors (Lipinski definition) is 6. The molecule has 0 aliphatic carbocycles. The van der Waals surface area contributed by atoms with Crippen molar-refractivity contribution in [2.75, 3.05) is 12.0 Å². The third-order valence-electron chi connectivity index (χ3n) is 7.04. The minimum atomic E-state index is -1.28. The second kappa shape index (κ2) is 24.6. The molecule has 0 saturated heterocycles. The van der Waals surface area contributed by atoms with Gasteiger partial charge < -0.3 is 31.5 Å².